The Morgan fingerprint density at radius 3 is 2.35 bits per heavy atom. The molecule has 0 radical (unpaired) electrons. The largest absolute Gasteiger partial charge is 0.416 e. The second kappa shape index (κ2) is 11.7. The number of morpholine rings is 1. The van der Waals surface area contributed by atoms with E-state index in [2.05, 4.69) is 68.0 Å². The summed E-state index contributed by atoms with van der Waals surface area (Å²) in [5.41, 5.74) is 3.11. The monoisotopic (exact) mass is 543 g/mol. The molecule has 0 atom stereocenters. The van der Waals surface area contributed by atoms with E-state index >= 15 is 0 Å². The number of likely N-dealkylation sites (tertiary alicyclic amines) is 1. The van der Waals surface area contributed by atoms with E-state index < -0.39 is 8.32 Å². The van der Waals surface area contributed by atoms with Crippen molar-refractivity contribution >= 4 is 25.6 Å². The second-order valence-electron chi connectivity index (χ2n) is 12.3. The lowest BCUT2D eigenvalue weighted by atomic mass is 9.89. The van der Waals surface area contributed by atoms with Gasteiger partial charge >= 0.3 is 0 Å². The molecule has 2 fully saturated rings. The molecule has 3 heterocycles. The van der Waals surface area contributed by atoms with Gasteiger partial charge in [0.25, 0.3) is 5.91 Å². The van der Waals surface area contributed by atoms with Gasteiger partial charge in [0.15, 0.2) is 8.32 Å². The van der Waals surface area contributed by atoms with Gasteiger partial charge in [0, 0.05) is 38.2 Å². The fourth-order valence-corrected chi connectivity index (χ4v) is 6.56. The Morgan fingerprint density at radius 2 is 1.76 bits per heavy atom. The molecule has 2 aliphatic heterocycles. The summed E-state index contributed by atoms with van der Waals surface area (Å²) in [5, 5.41) is 3.06. The zero-order valence-corrected chi connectivity index (χ0v) is 25.5. The number of hydrogen-bond acceptors (Lipinski definition) is 6. The maximum absolute atomic E-state index is 12.9. The first-order valence-electron chi connectivity index (χ1n) is 13.8. The van der Waals surface area contributed by atoms with Crippen LogP contribution in [0.2, 0.25) is 18.1 Å². The first-order valence-corrected chi connectivity index (χ1v) is 17.5. The second-order valence-corrected chi connectivity index (χ2v) is 18.1. The predicted octanol–water partition coefficient (Wildman–Crippen LogP) is 5.57. The van der Waals surface area contributed by atoms with Gasteiger partial charge in [-0.05, 0) is 61.9 Å². The minimum atomic E-state index is -1.68. The van der Waals surface area contributed by atoms with Crippen LogP contribution in [0.25, 0.3) is 0 Å². The number of aromatic nitrogens is 1. The average molecular weight is 544 g/mol. The highest BCUT2D eigenvalue weighted by molar-refractivity contribution is 7.09. The SMILES string of the molecule is Cc1nc(C(=O)N2CCOC3(CCN(CCc4ccc(CCO[Si](C)(C)C(C)(C)C)cc4)CC3)C2)cs1. The van der Waals surface area contributed by atoms with Crippen molar-refractivity contribution in [2.24, 2.45) is 0 Å². The molecule has 1 spiro atoms. The van der Waals surface area contributed by atoms with Gasteiger partial charge in [0.05, 0.1) is 23.8 Å². The Labute approximate surface area is 228 Å². The fraction of sp³-hybridized carbons (Fsp3) is 0.655. The highest BCUT2D eigenvalue weighted by Crippen LogP contribution is 2.36. The minimum Gasteiger partial charge on any atom is -0.416 e. The molecular formula is C29H45N3O3SSi. The maximum Gasteiger partial charge on any atom is 0.273 e. The lowest BCUT2D eigenvalue weighted by Gasteiger charge is -2.47. The van der Waals surface area contributed by atoms with Crippen molar-refractivity contribution in [3.63, 3.8) is 0 Å². The molecule has 1 amide bonds. The van der Waals surface area contributed by atoms with Crippen LogP contribution in [0.3, 0.4) is 0 Å². The summed E-state index contributed by atoms with van der Waals surface area (Å²) in [6, 6.07) is 9.09. The number of nitrogens with zero attached hydrogens (tertiary/aromatic N) is 3. The number of hydrogen-bond donors (Lipinski definition) is 0. The van der Waals surface area contributed by atoms with E-state index in [-0.39, 0.29) is 16.5 Å². The number of amides is 1. The summed E-state index contributed by atoms with van der Waals surface area (Å²) < 4.78 is 12.6. The van der Waals surface area contributed by atoms with Crippen molar-refractivity contribution < 1.29 is 14.0 Å². The molecule has 1 aromatic carbocycles. The van der Waals surface area contributed by atoms with Gasteiger partial charge in [-0.25, -0.2) is 4.98 Å². The molecular weight excluding hydrogens is 498 g/mol. The first kappa shape index (κ1) is 28.4. The molecule has 0 unspecified atom stereocenters. The molecule has 1 aromatic heterocycles. The number of carbonyl (C=O) groups excluding carboxylic acids is 1. The third-order valence-corrected chi connectivity index (χ3v) is 13.9. The summed E-state index contributed by atoms with van der Waals surface area (Å²) >= 11 is 1.53. The zero-order chi connectivity index (χ0) is 26.7. The number of aryl methyl sites for hydroxylation is 1. The van der Waals surface area contributed by atoms with Gasteiger partial charge in [-0.15, -0.1) is 11.3 Å². The van der Waals surface area contributed by atoms with E-state index in [9.17, 15) is 4.79 Å². The average Bonchev–Trinajstić information content (AvgIpc) is 3.29. The van der Waals surface area contributed by atoms with Crippen LogP contribution in [0.5, 0.6) is 0 Å². The van der Waals surface area contributed by atoms with Crippen molar-refractivity contribution in [2.45, 2.75) is 77.1 Å². The Balaban J connectivity index is 1.20. The molecule has 2 saturated heterocycles. The standard InChI is InChI=1S/C29H45N3O3SSi/c1-23-30-26(21-36-23)27(33)32-18-20-34-29(22-32)13-16-31(17-14-29)15-11-24-7-9-25(10-8-24)12-19-35-37(5,6)28(2,3)4/h7-10,21H,11-20,22H2,1-6H3. The van der Waals surface area contributed by atoms with Crippen molar-refractivity contribution in [1.29, 1.82) is 0 Å². The van der Waals surface area contributed by atoms with Crippen LogP contribution in [0.1, 0.15) is 60.2 Å². The van der Waals surface area contributed by atoms with Crippen molar-refractivity contribution in [2.75, 3.05) is 45.9 Å². The molecule has 0 N–H and O–H groups in total. The van der Waals surface area contributed by atoms with Gasteiger partial charge in [-0.1, -0.05) is 45.0 Å². The quantitative estimate of drug-likeness (QED) is 0.408. The number of benzene rings is 1. The zero-order valence-electron chi connectivity index (χ0n) is 23.6. The third kappa shape index (κ3) is 7.29. The summed E-state index contributed by atoms with van der Waals surface area (Å²) in [4.78, 5) is 21.8. The molecule has 204 valence electrons. The lowest BCUT2D eigenvalue weighted by molar-refractivity contribution is -0.127. The van der Waals surface area contributed by atoms with Crippen molar-refractivity contribution in [1.82, 2.24) is 14.8 Å². The lowest BCUT2D eigenvalue weighted by Crippen LogP contribution is -2.58. The maximum atomic E-state index is 12.9. The number of ether oxygens (including phenoxy) is 1. The third-order valence-electron chi connectivity index (χ3n) is 8.54. The number of carbonyl (C=O) groups is 1. The van der Waals surface area contributed by atoms with Gasteiger partial charge in [0.2, 0.25) is 0 Å². The van der Waals surface area contributed by atoms with E-state index in [0.717, 1.165) is 56.9 Å². The molecule has 2 aromatic rings. The summed E-state index contributed by atoms with van der Waals surface area (Å²) in [7, 11) is -1.68. The van der Waals surface area contributed by atoms with Crippen LogP contribution < -0.4 is 0 Å². The number of piperidine rings is 1. The van der Waals surface area contributed by atoms with E-state index in [1.54, 1.807) is 0 Å². The van der Waals surface area contributed by atoms with Crippen molar-refractivity contribution in [3.8, 4) is 0 Å². The molecule has 0 aliphatic carbocycles. The van der Waals surface area contributed by atoms with Gasteiger partial charge in [-0.2, -0.15) is 0 Å². The van der Waals surface area contributed by atoms with Crippen LogP contribution in [0.15, 0.2) is 29.6 Å². The molecule has 2 aliphatic rings. The molecule has 0 saturated carbocycles. The first-order chi connectivity index (χ1) is 17.5. The Kier molecular flexibility index (Phi) is 8.96. The Hall–Kier alpha value is -1.58. The molecule has 0 bridgehead atoms. The molecule has 37 heavy (non-hydrogen) atoms. The molecule has 8 heteroatoms. The van der Waals surface area contributed by atoms with Crippen LogP contribution in [-0.2, 0) is 22.0 Å². The van der Waals surface area contributed by atoms with Gasteiger partial charge < -0.3 is 19.0 Å². The van der Waals surface area contributed by atoms with Crippen LogP contribution in [0.4, 0.5) is 0 Å². The number of rotatable bonds is 8. The normalized spacial score (nSPS) is 18.9. The van der Waals surface area contributed by atoms with Crippen LogP contribution >= 0.6 is 11.3 Å². The molecule has 4 rings (SSSR count). The van der Waals surface area contributed by atoms with Crippen LogP contribution in [0, 0.1) is 6.92 Å². The Morgan fingerprint density at radius 1 is 1.11 bits per heavy atom. The Bertz CT molecular complexity index is 1040. The van der Waals surface area contributed by atoms with Gasteiger partial charge in [-0.3, -0.25) is 4.79 Å². The molecule has 6 nitrogen and oxygen atoms in total. The van der Waals surface area contributed by atoms with E-state index in [1.807, 2.05) is 17.2 Å². The smallest absolute Gasteiger partial charge is 0.273 e. The summed E-state index contributed by atoms with van der Waals surface area (Å²) in [6.07, 6.45) is 3.98. The fourth-order valence-electron chi connectivity index (χ4n) is 4.93. The van der Waals surface area contributed by atoms with E-state index in [1.165, 1.54) is 22.5 Å². The summed E-state index contributed by atoms with van der Waals surface area (Å²) in [5.74, 6) is 0.0458. The van der Waals surface area contributed by atoms with Crippen molar-refractivity contribution in [3.05, 3.63) is 51.5 Å². The highest BCUT2D eigenvalue weighted by Gasteiger charge is 2.41. The topological polar surface area (TPSA) is 54.9 Å². The predicted molar refractivity (Wildman–Crippen MR) is 154 cm³/mol. The summed E-state index contributed by atoms with van der Waals surface area (Å²) in [6.45, 7) is 19.3. The highest BCUT2D eigenvalue weighted by atomic mass is 32.1. The number of thiazole rings is 1. The van der Waals surface area contributed by atoms with Gasteiger partial charge in [0.1, 0.15) is 5.69 Å². The van der Waals surface area contributed by atoms with Crippen LogP contribution in [-0.4, -0.2) is 80.5 Å². The van der Waals surface area contributed by atoms with E-state index in [0.29, 0.717) is 25.4 Å². The van der Waals surface area contributed by atoms with E-state index in [4.69, 9.17) is 9.16 Å². The minimum absolute atomic E-state index is 0.0458.